The molecular formula is C8H13F3N2O2. The van der Waals surface area contributed by atoms with Gasteiger partial charge in [0.2, 0.25) is 0 Å². The highest BCUT2D eigenvalue weighted by atomic mass is 19.4. The van der Waals surface area contributed by atoms with E-state index in [1.165, 1.54) is 26.2 Å². The van der Waals surface area contributed by atoms with Gasteiger partial charge in [0, 0.05) is 31.6 Å². The highest BCUT2D eigenvalue weighted by molar-refractivity contribution is 5.73. The number of likely N-dealkylation sites (tertiary alicyclic amines) is 1. The van der Waals surface area contributed by atoms with Crippen LogP contribution < -0.4 is 5.32 Å². The molecule has 0 radical (unpaired) electrons. The van der Waals surface area contributed by atoms with Crippen molar-refractivity contribution in [1.29, 1.82) is 0 Å². The number of carboxylic acids is 1. The number of nitrogens with zero attached hydrogens (tertiary/aromatic N) is 1. The molecule has 2 rings (SSSR count). The van der Waals surface area contributed by atoms with Gasteiger partial charge in [-0.15, -0.1) is 0 Å². The summed E-state index contributed by atoms with van der Waals surface area (Å²) in [7, 11) is 2.18. The second kappa shape index (κ2) is 3.97. The molecule has 4 nitrogen and oxygen atoms in total. The van der Waals surface area contributed by atoms with Gasteiger partial charge in [0.25, 0.3) is 0 Å². The first-order valence-corrected chi connectivity index (χ1v) is 4.45. The van der Waals surface area contributed by atoms with Crippen LogP contribution in [-0.4, -0.2) is 55.4 Å². The molecule has 7 heteroatoms. The Morgan fingerprint density at radius 1 is 1.40 bits per heavy atom. The molecule has 15 heavy (non-hydrogen) atoms. The van der Waals surface area contributed by atoms with Crippen molar-refractivity contribution in [3.8, 4) is 0 Å². The van der Waals surface area contributed by atoms with Crippen molar-refractivity contribution in [3.05, 3.63) is 0 Å². The van der Waals surface area contributed by atoms with Gasteiger partial charge in [0.15, 0.2) is 0 Å². The van der Waals surface area contributed by atoms with Crippen molar-refractivity contribution >= 4 is 5.97 Å². The summed E-state index contributed by atoms with van der Waals surface area (Å²) in [5, 5.41) is 10.4. The van der Waals surface area contributed by atoms with Crippen LogP contribution in [0.3, 0.4) is 0 Å². The zero-order valence-corrected chi connectivity index (χ0v) is 8.26. The first-order chi connectivity index (χ1) is 6.75. The Morgan fingerprint density at radius 2 is 1.80 bits per heavy atom. The standard InChI is InChI=1S/C6H12N2.C2HF3O2/c1-8-4-6(5-8)2-7-3-6;3-2(4,5)1(6)7/h7H,2-5H2,1H3;(H,6,7). The molecule has 2 fully saturated rings. The predicted molar refractivity (Wildman–Crippen MR) is 46.5 cm³/mol. The fourth-order valence-electron chi connectivity index (χ4n) is 1.80. The minimum atomic E-state index is -5.08. The topological polar surface area (TPSA) is 52.6 Å². The van der Waals surface area contributed by atoms with E-state index in [1.807, 2.05) is 0 Å². The van der Waals surface area contributed by atoms with Crippen molar-refractivity contribution in [2.24, 2.45) is 5.41 Å². The van der Waals surface area contributed by atoms with Crippen molar-refractivity contribution in [2.75, 3.05) is 33.2 Å². The van der Waals surface area contributed by atoms with E-state index in [0.717, 1.165) is 5.41 Å². The first-order valence-electron chi connectivity index (χ1n) is 4.45. The molecule has 0 aromatic rings. The number of aliphatic carboxylic acids is 1. The van der Waals surface area contributed by atoms with Crippen LogP contribution >= 0.6 is 0 Å². The van der Waals surface area contributed by atoms with E-state index < -0.39 is 12.1 Å². The van der Waals surface area contributed by atoms with Crippen molar-refractivity contribution in [2.45, 2.75) is 6.18 Å². The summed E-state index contributed by atoms with van der Waals surface area (Å²) in [5.41, 5.74) is 0.731. The summed E-state index contributed by atoms with van der Waals surface area (Å²) in [6.45, 7) is 5.16. The lowest BCUT2D eigenvalue weighted by Crippen LogP contribution is -2.69. The summed E-state index contributed by atoms with van der Waals surface area (Å²) < 4.78 is 31.7. The van der Waals surface area contributed by atoms with Gasteiger partial charge in [-0.25, -0.2) is 4.79 Å². The third-order valence-electron chi connectivity index (χ3n) is 2.45. The monoisotopic (exact) mass is 226 g/mol. The molecule has 0 aromatic carbocycles. The Morgan fingerprint density at radius 3 is 1.87 bits per heavy atom. The molecule has 2 aliphatic rings. The molecular weight excluding hydrogens is 213 g/mol. The van der Waals surface area contributed by atoms with Crippen molar-refractivity contribution in [3.63, 3.8) is 0 Å². The molecule has 2 aliphatic heterocycles. The van der Waals surface area contributed by atoms with E-state index in [9.17, 15) is 13.2 Å². The lowest BCUT2D eigenvalue weighted by atomic mass is 9.75. The van der Waals surface area contributed by atoms with Gasteiger partial charge in [-0.1, -0.05) is 0 Å². The maximum Gasteiger partial charge on any atom is 0.490 e. The molecule has 0 saturated carbocycles. The van der Waals surface area contributed by atoms with Crippen LogP contribution in [0.25, 0.3) is 0 Å². The summed E-state index contributed by atoms with van der Waals surface area (Å²) in [4.78, 5) is 11.3. The SMILES string of the molecule is CN1CC2(CNC2)C1.O=C(O)C(F)(F)F. The third-order valence-corrected chi connectivity index (χ3v) is 2.45. The normalized spacial score (nSPS) is 23.5. The number of hydrogen-bond donors (Lipinski definition) is 2. The molecule has 0 aromatic heterocycles. The fraction of sp³-hybridized carbons (Fsp3) is 0.875. The number of carboxylic acid groups (broad SMARTS) is 1. The average Bonchev–Trinajstić information content (AvgIpc) is 1.94. The van der Waals surface area contributed by atoms with Crippen molar-refractivity contribution < 1.29 is 23.1 Å². The molecule has 2 saturated heterocycles. The molecule has 2 heterocycles. The van der Waals surface area contributed by atoms with Gasteiger partial charge < -0.3 is 15.3 Å². The van der Waals surface area contributed by atoms with Crippen LogP contribution in [0.1, 0.15) is 0 Å². The molecule has 0 bridgehead atoms. The second-order valence-corrected chi connectivity index (χ2v) is 4.08. The van der Waals surface area contributed by atoms with Crippen LogP contribution in [0.2, 0.25) is 0 Å². The number of alkyl halides is 3. The molecule has 0 atom stereocenters. The maximum atomic E-state index is 10.6. The number of hydrogen-bond acceptors (Lipinski definition) is 3. The van der Waals surface area contributed by atoms with Gasteiger partial charge in [-0.05, 0) is 7.05 Å². The van der Waals surface area contributed by atoms with E-state index in [1.54, 1.807) is 0 Å². The number of halogens is 3. The van der Waals surface area contributed by atoms with Crippen LogP contribution in [-0.2, 0) is 4.79 Å². The molecule has 0 unspecified atom stereocenters. The second-order valence-electron chi connectivity index (χ2n) is 4.08. The highest BCUT2D eigenvalue weighted by Crippen LogP contribution is 2.32. The van der Waals surface area contributed by atoms with Gasteiger partial charge >= 0.3 is 12.1 Å². The summed E-state index contributed by atoms with van der Waals surface area (Å²) >= 11 is 0. The zero-order chi connectivity index (χ0) is 11.7. The lowest BCUT2D eigenvalue weighted by Gasteiger charge is -2.55. The summed E-state index contributed by atoms with van der Waals surface area (Å²) in [5.74, 6) is -2.76. The van der Waals surface area contributed by atoms with Crippen LogP contribution in [0.5, 0.6) is 0 Å². The van der Waals surface area contributed by atoms with E-state index in [-0.39, 0.29) is 0 Å². The van der Waals surface area contributed by atoms with Crippen LogP contribution in [0.15, 0.2) is 0 Å². The zero-order valence-electron chi connectivity index (χ0n) is 8.26. The molecule has 0 aliphatic carbocycles. The Hall–Kier alpha value is -0.820. The maximum absolute atomic E-state index is 10.6. The minimum Gasteiger partial charge on any atom is -0.475 e. The predicted octanol–water partition coefficient (Wildman–Crippen LogP) is 0.155. The molecule has 1 spiro atoms. The van der Waals surface area contributed by atoms with Crippen LogP contribution in [0.4, 0.5) is 13.2 Å². The van der Waals surface area contributed by atoms with Crippen LogP contribution in [0, 0.1) is 5.41 Å². The van der Waals surface area contributed by atoms with Crippen molar-refractivity contribution in [1.82, 2.24) is 10.2 Å². The Balaban J connectivity index is 0.000000153. The largest absolute Gasteiger partial charge is 0.490 e. The average molecular weight is 226 g/mol. The number of carbonyl (C=O) groups is 1. The van der Waals surface area contributed by atoms with Gasteiger partial charge in [-0.2, -0.15) is 13.2 Å². The van der Waals surface area contributed by atoms with E-state index in [2.05, 4.69) is 17.3 Å². The van der Waals surface area contributed by atoms with E-state index in [0.29, 0.717) is 0 Å². The van der Waals surface area contributed by atoms with Gasteiger partial charge in [0.1, 0.15) is 0 Å². The highest BCUT2D eigenvalue weighted by Gasteiger charge is 2.45. The van der Waals surface area contributed by atoms with Gasteiger partial charge in [-0.3, -0.25) is 0 Å². The van der Waals surface area contributed by atoms with Gasteiger partial charge in [0.05, 0.1) is 0 Å². The Kier molecular flexibility index (Phi) is 3.25. The van der Waals surface area contributed by atoms with E-state index in [4.69, 9.17) is 9.90 Å². The molecule has 0 amide bonds. The Bertz CT molecular complexity index is 243. The molecule has 88 valence electrons. The third kappa shape index (κ3) is 3.07. The number of rotatable bonds is 0. The quantitative estimate of drug-likeness (QED) is 0.617. The smallest absolute Gasteiger partial charge is 0.475 e. The first kappa shape index (κ1) is 12.3. The summed E-state index contributed by atoms with van der Waals surface area (Å²) in [6.07, 6.45) is -5.08. The van der Waals surface area contributed by atoms with E-state index >= 15 is 0 Å². The molecule has 2 N–H and O–H groups in total. The minimum absolute atomic E-state index is 0.731. The Labute approximate surface area is 85.1 Å². The summed E-state index contributed by atoms with van der Waals surface area (Å²) in [6, 6.07) is 0. The fourth-order valence-corrected chi connectivity index (χ4v) is 1.80. The number of nitrogens with one attached hydrogen (secondary N) is 1. The lowest BCUT2D eigenvalue weighted by molar-refractivity contribution is -0.192.